The number of carbonyl (C=O) groups excluding carboxylic acids is 2. The fourth-order valence-electron chi connectivity index (χ4n) is 1.66. The second-order valence-electron chi connectivity index (χ2n) is 5.51. The summed E-state index contributed by atoms with van der Waals surface area (Å²) in [6, 6.07) is -1.54. The molecule has 20 heavy (non-hydrogen) atoms. The molecule has 1 saturated heterocycles. The summed E-state index contributed by atoms with van der Waals surface area (Å²) in [5.74, 6) is -4.14. The number of alkyl carbamates (subject to hydrolysis) is 1. The summed E-state index contributed by atoms with van der Waals surface area (Å²) in [6.45, 7) is 4.37. The molecule has 0 radical (unpaired) electrons. The van der Waals surface area contributed by atoms with Crippen molar-refractivity contribution >= 4 is 12.1 Å². The second kappa shape index (κ2) is 5.90. The summed E-state index contributed by atoms with van der Waals surface area (Å²) in [5.41, 5.74) is -0.788. The van der Waals surface area contributed by atoms with Gasteiger partial charge >= 0.3 is 12.1 Å². The lowest BCUT2D eigenvalue weighted by molar-refractivity contribution is -0.182. The van der Waals surface area contributed by atoms with E-state index in [0.717, 1.165) is 7.11 Å². The first-order valence-electron chi connectivity index (χ1n) is 6.12. The summed E-state index contributed by atoms with van der Waals surface area (Å²) in [5, 5.41) is 2.05. The van der Waals surface area contributed by atoms with E-state index in [0.29, 0.717) is 0 Å². The molecule has 1 rings (SSSR count). The van der Waals surface area contributed by atoms with Gasteiger partial charge in [0.05, 0.1) is 20.1 Å². The Morgan fingerprint density at radius 3 is 2.40 bits per heavy atom. The van der Waals surface area contributed by atoms with Gasteiger partial charge in [0.2, 0.25) is 0 Å². The number of esters is 1. The van der Waals surface area contributed by atoms with E-state index in [9.17, 15) is 18.4 Å². The zero-order chi connectivity index (χ0) is 15.6. The summed E-state index contributed by atoms with van der Waals surface area (Å²) in [6.07, 6.45) is -3.13. The fraction of sp³-hybridized carbons (Fsp3) is 0.833. The van der Waals surface area contributed by atoms with Crippen molar-refractivity contribution in [1.29, 1.82) is 0 Å². The zero-order valence-corrected chi connectivity index (χ0v) is 11.9. The van der Waals surface area contributed by atoms with E-state index in [1.807, 2.05) is 0 Å². The number of rotatable bonds is 2. The number of hydrogen-bond acceptors (Lipinski definition) is 5. The highest BCUT2D eigenvalue weighted by Crippen LogP contribution is 2.31. The van der Waals surface area contributed by atoms with E-state index in [1.165, 1.54) is 0 Å². The molecular formula is C12H19F2NO5. The van der Waals surface area contributed by atoms with Crippen LogP contribution in [-0.2, 0) is 19.0 Å². The topological polar surface area (TPSA) is 73.9 Å². The number of nitrogens with one attached hydrogen (secondary N) is 1. The highest BCUT2D eigenvalue weighted by atomic mass is 19.3. The maximum atomic E-state index is 13.9. The standard InChI is InChI=1S/C12H19F2NO5/c1-11(2,3)20-10(17)15-8-6-19-7(9(16)18-4)5-12(8,13)14/h7-8H,5-6H2,1-4H3,(H,15,17)/t7-,8?/m0/s1. The number of halogens is 2. The van der Waals surface area contributed by atoms with Crippen LogP contribution in [-0.4, -0.2) is 49.4 Å². The predicted molar refractivity (Wildman–Crippen MR) is 64.5 cm³/mol. The van der Waals surface area contributed by atoms with Gasteiger partial charge in [-0.25, -0.2) is 18.4 Å². The monoisotopic (exact) mass is 295 g/mol. The average Bonchev–Trinajstić information content (AvgIpc) is 2.28. The molecule has 1 heterocycles. The van der Waals surface area contributed by atoms with E-state index in [4.69, 9.17) is 9.47 Å². The van der Waals surface area contributed by atoms with E-state index < -0.39 is 48.8 Å². The Morgan fingerprint density at radius 2 is 1.95 bits per heavy atom. The smallest absolute Gasteiger partial charge is 0.408 e. The summed E-state index contributed by atoms with van der Waals surface area (Å²) in [7, 11) is 1.09. The maximum absolute atomic E-state index is 13.9. The number of ether oxygens (including phenoxy) is 3. The Labute approximate surface area is 115 Å². The van der Waals surface area contributed by atoms with Crippen LogP contribution in [0.4, 0.5) is 13.6 Å². The molecular weight excluding hydrogens is 276 g/mol. The van der Waals surface area contributed by atoms with Crippen LogP contribution in [0.2, 0.25) is 0 Å². The molecule has 0 aliphatic carbocycles. The van der Waals surface area contributed by atoms with Gasteiger partial charge in [-0.3, -0.25) is 0 Å². The van der Waals surface area contributed by atoms with Gasteiger partial charge in [-0.2, -0.15) is 0 Å². The first kappa shape index (κ1) is 16.6. The number of carbonyl (C=O) groups is 2. The molecule has 1 fully saturated rings. The van der Waals surface area contributed by atoms with Crippen molar-refractivity contribution < 1.29 is 32.6 Å². The average molecular weight is 295 g/mol. The van der Waals surface area contributed by atoms with Crippen molar-refractivity contribution in [3.63, 3.8) is 0 Å². The molecule has 0 bridgehead atoms. The molecule has 1 unspecified atom stereocenters. The number of alkyl halides is 2. The quantitative estimate of drug-likeness (QED) is 0.781. The van der Waals surface area contributed by atoms with Gasteiger partial charge in [0.15, 0.2) is 6.10 Å². The van der Waals surface area contributed by atoms with Crippen molar-refractivity contribution in [1.82, 2.24) is 5.32 Å². The van der Waals surface area contributed by atoms with Crippen molar-refractivity contribution in [2.75, 3.05) is 13.7 Å². The third-order valence-corrected chi connectivity index (χ3v) is 2.59. The SMILES string of the molecule is COC(=O)[C@@H]1CC(F)(F)C(NC(=O)OC(C)(C)C)CO1. The molecule has 0 spiro atoms. The number of amides is 1. The molecule has 116 valence electrons. The van der Waals surface area contributed by atoms with Crippen LogP contribution in [0.25, 0.3) is 0 Å². The summed E-state index contributed by atoms with van der Waals surface area (Å²) >= 11 is 0. The minimum Gasteiger partial charge on any atom is -0.467 e. The van der Waals surface area contributed by atoms with Gasteiger partial charge < -0.3 is 19.5 Å². The Kier molecular flexibility index (Phi) is 4.90. The van der Waals surface area contributed by atoms with Crippen LogP contribution >= 0.6 is 0 Å². The minimum atomic E-state index is -3.28. The van der Waals surface area contributed by atoms with Crippen molar-refractivity contribution in [2.45, 2.75) is 50.9 Å². The largest absolute Gasteiger partial charge is 0.467 e. The zero-order valence-electron chi connectivity index (χ0n) is 11.9. The molecule has 2 atom stereocenters. The predicted octanol–water partition coefficient (Wildman–Crippen LogP) is 1.48. The minimum absolute atomic E-state index is 0.494. The molecule has 0 aromatic rings. The lowest BCUT2D eigenvalue weighted by atomic mass is 10.0. The molecule has 1 amide bonds. The summed E-state index contributed by atoms with van der Waals surface area (Å²) < 4.78 is 41.9. The number of methoxy groups -OCH3 is 1. The van der Waals surface area contributed by atoms with Gasteiger partial charge in [0, 0.05) is 0 Å². The van der Waals surface area contributed by atoms with Crippen LogP contribution in [0.5, 0.6) is 0 Å². The Bertz CT molecular complexity index is 381. The Hall–Kier alpha value is -1.44. The van der Waals surface area contributed by atoms with Crippen LogP contribution in [0.1, 0.15) is 27.2 Å². The van der Waals surface area contributed by atoms with E-state index in [-0.39, 0.29) is 0 Å². The van der Waals surface area contributed by atoms with E-state index in [1.54, 1.807) is 20.8 Å². The van der Waals surface area contributed by atoms with Gasteiger partial charge in [0.1, 0.15) is 11.6 Å². The Morgan fingerprint density at radius 1 is 1.35 bits per heavy atom. The van der Waals surface area contributed by atoms with Gasteiger partial charge in [-0.05, 0) is 20.8 Å². The second-order valence-corrected chi connectivity index (χ2v) is 5.51. The lowest BCUT2D eigenvalue weighted by Gasteiger charge is -2.35. The van der Waals surface area contributed by atoms with Crippen molar-refractivity contribution in [3.8, 4) is 0 Å². The van der Waals surface area contributed by atoms with Gasteiger partial charge in [-0.15, -0.1) is 0 Å². The normalized spacial score (nSPS) is 25.7. The summed E-state index contributed by atoms with van der Waals surface area (Å²) in [4.78, 5) is 22.7. The number of hydrogen-bond donors (Lipinski definition) is 1. The molecule has 0 aromatic carbocycles. The first-order chi connectivity index (χ1) is 9.05. The molecule has 1 aliphatic heterocycles. The maximum Gasteiger partial charge on any atom is 0.408 e. The van der Waals surface area contributed by atoms with E-state index in [2.05, 4.69) is 10.1 Å². The fourth-order valence-corrected chi connectivity index (χ4v) is 1.66. The molecule has 0 saturated carbocycles. The third kappa shape index (κ3) is 4.59. The van der Waals surface area contributed by atoms with Crippen LogP contribution in [0.3, 0.4) is 0 Å². The van der Waals surface area contributed by atoms with Crippen LogP contribution < -0.4 is 5.32 Å². The molecule has 1 N–H and O–H groups in total. The molecule has 1 aliphatic rings. The van der Waals surface area contributed by atoms with E-state index >= 15 is 0 Å². The highest BCUT2D eigenvalue weighted by molar-refractivity contribution is 5.75. The van der Waals surface area contributed by atoms with Gasteiger partial charge in [0.25, 0.3) is 5.92 Å². The van der Waals surface area contributed by atoms with Crippen molar-refractivity contribution in [3.05, 3.63) is 0 Å². The first-order valence-corrected chi connectivity index (χ1v) is 6.12. The van der Waals surface area contributed by atoms with Crippen molar-refractivity contribution in [2.24, 2.45) is 0 Å². The molecule has 0 aromatic heterocycles. The highest BCUT2D eigenvalue weighted by Gasteiger charge is 2.49. The lowest BCUT2D eigenvalue weighted by Crippen LogP contribution is -2.57. The van der Waals surface area contributed by atoms with Crippen LogP contribution in [0, 0.1) is 0 Å². The molecule has 6 nitrogen and oxygen atoms in total. The third-order valence-electron chi connectivity index (χ3n) is 2.59. The van der Waals surface area contributed by atoms with Crippen LogP contribution in [0.15, 0.2) is 0 Å². The molecule has 8 heteroatoms. The Balaban J connectivity index is 2.61. The van der Waals surface area contributed by atoms with Gasteiger partial charge in [-0.1, -0.05) is 0 Å².